The number of carbonyl (C=O) groups is 1. The van der Waals surface area contributed by atoms with E-state index in [-0.39, 0.29) is 11.3 Å². The van der Waals surface area contributed by atoms with Crippen LogP contribution in [0, 0.1) is 11.6 Å². The van der Waals surface area contributed by atoms with Crippen LogP contribution in [0.3, 0.4) is 0 Å². The molecule has 2 aromatic carbocycles. The Hall–Kier alpha value is -4.25. The summed E-state index contributed by atoms with van der Waals surface area (Å²) in [5, 5.41) is 1.21. The molecule has 3 aromatic heterocycles. The summed E-state index contributed by atoms with van der Waals surface area (Å²) in [6.07, 6.45) is 6.37. The summed E-state index contributed by atoms with van der Waals surface area (Å²) in [5.74, 6) is -3.58. The maximum absolute atomic E-state index is 15.2. The monoisotopic (exact) mass is 507 g/mol. The molecular formula is C25H19F2N5O3S. The van der Waals surface area contributed by atoms with Gasteiger partial charge >= 0.3 is 0 Å². The van der Waals surface area contributed by atoms with Crippen LogP contribution >= 0.6 is 0 Å². The minimum absolute atomic E-state index is 0.00571. The van der Waals surface area contributed by atoms with Gasteiger partial charge in [0.2, 0.25) is 15.8 Å². The fourth-order valence-corrected chi connectivity index (χ4v) is 5.10. The van der Waals surface area contributed by atoms with Crippen molar-refractivity contribution in [3.05, 3.63) is 84.1 Å². The molecule has 2 N–H and O–H groups in total. The van der Waals surface area contributed by atoms with E-state index in [1.807, 2.05) is 18.2 Å². The summed E-state index contributed by atoms with van der Waals surface area (Å²) in [4.78, 5) is 28.7. The van der Waals surface area contributed by atoms with Gasteiger partial charge in [-0.25, -0.2) is 32.2 Å². The number of carbonyl (C=O) groups excluding carboxylic acids is 1. The first-order valence-corrected chi connectivity index (χ1v) is 12.6. The maximum Gasteiger partial charge on any atom is 0.232 e. The molecule has 0 aliphatic rings. The van der Waals surface area contributed by atoms with E-state index in [9.17, 15) is 17.6 Å². The van der Waals surface area contributed by atoms with Crippen LogP contribution in [-0.2, 0) is 10.0 Å². The highest BCUT2D eigenvalue weighted by Gasteiger charge is 2.26. The number of hydrogen-bond acceptors (Lipinski definition) is 6. The molecule has 0 amide bonds. The number of fused-ring (bicyclic) bond motifs is 2. The zero-order valence-corrected chi connectivity index (χ0v) is 19.7. The van der Waals surface area contributed by atoms with Gasteiger partial charge in [0.25, 0.3) is 0 Å². The molecule has 0 aliphatic carbocycles. The number of hydrogen-bond donors (Lipinski definition) is 2. The highest BCUT2D eigenvalue weighted by molar-refractivity contribution is 7.92. The van der Waals surface area contributed by atoms with Crippen molar-refractivity contribution < 1.29 is 22.0 Å². The summed E-state index contributed by atoms with van der Waals surface area (Å²) in [6.45, 7) is 1.65. The van der Waals surface area contributed by atoms with Crippen LogP contribution in [0.15, 0.2) is 61.3 Å². The van der Waals surface area contributed by atoms with Crippen LogP contribution in [0.1, 0.15) is 29.3 Å². The molecule has 5 aromatic rings. The Morgan fingerprint density at radius 3 is 2.69 bits per heavy atom. The molecule has 0 bridgehead atoms. The van der Waals surface area contributed by atoms with E-state index in [4.69, 9.17) is 0 Å². The lowest BCUT2D eigenvalue weighted by Gasteiger charge is -2.11. The number of nitrogens with zero attached hydrogens (tertiary/aromatic N) is 3. The lowest BCUT2D eigenvalue weighted by atomic mass is 9.99. The van der Waals surface area contributed by atoms with Gasteiger partial charge in [0.05, 0.1) is 22.5 Å². The van der Waals surface area contributed by atoms with E-state index in [0.29, 0.717) is 23.0 Å². The number of rotatable bonds is 7. The average molecular weight is 508 g/mol. The van der Waals surface area contributed by atoms with E-state index >= 15 is 4.39 Å². The number of sulfonamides is 1. The number of aromatic amines is 1. The smallest absolute Gasteiger partial charge is 0.232 e. The van der Waals surface area contributed by atoms with Crippen LogP contribution in [0.2, 0.25) is 0 Å². The molecule has 36 heavy (non-hydrogen) atoms. The zero-order chi connectivity index (χ0) is 25.4. The van der Waals surface area contributed by atoms with Gasteiger partial charge in [-0.05, 0) is 36.2 Å². The molecule has 3 heterocycles. The molecule has 11 heteroatoms. The third kappa shape index (κ3) is 4.29. The molecular weight excluding hydrogens is 488 g/mol. The first-order chi connectivity index (χ1) is 17.3. The van der Waals surface area contributed by atoms with Gasteiger partial charge < -0.3 is 4.98 Å². The lowest BCUT2D eigenvalue weighted by Crippen LogP contribution is -2.18. The Bertz CT molecular complexity index is 1750. The third-order valence-electron chi connectivity index (χ3n) is 5.67. The maximum atomic E-state index is 15.2. The van der Waals surface area contributed by atoms with Crippen molar-refractivity contribution in [1.82, 2.24) is 19.9 Å². The third-order valence-corrected chi connectivity index (χ3v) is 7.15. The fraction of sp³-hybridized carbons (Fsp3) is 0.120. The van der Waals surface area contributed by atoms with Crippen LogP contribution in [0.25, 0.3) is 33.1 Å². The van der Waals surface area contributed by atoms with Gasteiger partial charge in [-0.15, -0.1) is 0 Å². The summed E-state index contributed by atoms with van der Waals surface area (Å²) in [5.41, 5.74) is 1.16. The highest BCUT2D eigenvalue weighted by Crippen LogP contribution is 2.30. The second kappa shape index (κ2) is 9.08. The van der Waals surface area contributed by atoms with Crippen molar-refractivity contribution in [3.8, 4) is 11.1 Å². The lowest BCUT2D eigenvalue weighted by molar-refractivity contribution is 0.103. The molecule has 0 unspecified atom stereocenters. The van der Waals surface area contributed by atoms with Crippen molar-refractivity contribution in [2.75, 3.05) is 10.5 Å². The number of H-pyrrole nitrogens is 1. The molecule has 0 fully saturated rings. The molecule has 182 valence electrons. The number of aromatic nitrogens is 4. The SMILES string of the molecule is CCCS(=O)(=O)Nc1ccc(F)c(C(=O)c2c[nH]c3ncc(-c4ccc5cncnc5c4)cc23)c1F. The summed E-state index contributed by atoms with van der Waals surface area (Å²) in [6, 6.07) is 9.06. The Kier molecular flexibility index (Phi) is 5.92. The number of halogens is 2. The van der Waals surface area contributed by atoms with Gasteiger partial charge in [-0.1, -0.05) is 19.1 Å². The van der Waals surface area contributed by atoms with Gasteiger partial charge in [0.1, 0.15) is 17.8 Å². The predicted molar refractivity (Wildman–Crippen MR) is 132 cm³/mol. The van der Waals surface area contributed by atoms with Crippen LogP contribution in [-0.4, -0.2) is 39.9 Å². The molecule has 0 saturated carbocycles. The number of benzene rings is 2. The zero-order valence-electron chi connectivity index (χ0n) is 18.9. The van der Waals surface area contributed by atoms with Crippen LogP contribution in [0.4, 0.5) is 14.5 Å². The minimum atomic E-state index is -3.85. The predicted octanol–water partition coefficient (Wildman–Crippen LogP) is 4.83. The first kappa shape index (κ1) is 23.5. The van der Waals surface area contributed by atoms with Crippen molar-refractivity contribution in [2.45, 2.75) is 13.3 Å². The summed E-state index contributed by atoms with van der Waals surface area (Å²) < 4.78 is 56.2. The van der Waals surface area contributed by atoms with Crippen molar-refractivity contribution >= 4 is 43.4 Å². The summed E-state index contributed by atoms with van der Waals surface area (Å²) >= 11 is 0. The van der Waals surface area contributed by atoms with Crippen LogP contribution in [0.5, 0.6) is 0 Å². The quantitative estimate of drug-likeness (QED) is 0.305. The van der Waals surface area contributed by atoms with Crippen molar-refractivity contribution in [1.29, 1.82) is 0 Å². The van der Waals surface area contributed by atoms with Crippen molar-refractivity contribution in [2.24, 2.45) is 0 Å². The largest absolute Gasteiger partial charge is 0.345 e. The van der Waals surface area contributed by atoms with E-state index < -0.39 is 38.7 Å². The second-order valence-electron chi connectivity index (χ2n) is 8.15. The number of nitrogens with one attached hydrogen (secondary N) is 2. The summed E-state index contributed by atoms with van der Waals surface area (Å²) in [7, 11) is -3.85. The van der Waals surface area contributed by atoms with Gasteiger partial charge in [-0.2, -0.15) is 0 Å². The number of pyridine rings is 1. The highest BCUT2D eigenvalue weighted by atomic mass is 32.2. The molecule has 0 saturated heterocycles. The standard InChI is InChI=1S/C25H19F2N5O3S/c1-2-7-36(34,35)32-20-6-5-19(26)22(23(20)27)24(33)18-12-30-25-17(18)8-16(11-29-25)14-3-4-15-10-28-13-31-21(15)9-14/h3-6,8-13,32H,2,7H2,1H3,(H,29,30). The van der Waals surface area contributed by atoms with E-state index in [2.05, 4.69) is 24.7 Å². The van der Waals surface area contributed by atoms with E-state index in [1.165, 1.54) is 12.5 Å². The fourth-order valence-electron chi connectivity index (χ4n) is 3.96. The second-order valence-corrected chi connectivity index (χ2v) is 9.99. The van der Waals surface area contributed by atoms with Gasteiger partial charge in [-0.3, -0.25) is 9.52 Å². The van der Waals surface area contributed by atoms with Gasteiger partial charge in [0.15, 0.2) is 5.82 Å². The molecule has 0 aliphatic heterocycles. The topological polar surface area (TPSA) is 118 Å². The Balaban J connectivity index is 1.57. The normalized spacial score (nSPS) is 11.8. The molecule has 0 spiro atoms. The van der Waals surface area contributed by atoms with E-state index in [1.54, 1.807) is 25.4 Å². The Morgan fingerprint density at radius 1 is 1.06 bits per heavy atom. The van der Waals surface area contributed by atoms with Gasteiger partial charge in [0, 0.05) is 40.5 Å². The Morgan fingerprint density at radius 2 is 1.89 bits per heavy atom. The average Bonchev–Trinajstić information content (AvgIpc) is 3.29. The van der Waals surface area contributed by atoms with Crippen molar-refractivity contribution in [3.63, 3.8) is 0 Å². The van der Waals surface area contributed by atoms with E-state index in [0.717, 1.165) is 28.6 Å². The number of anilines is 1. The molecule has 0 atom stereocenters. The van der Waals surface area contributed by atoms with Crippen LogP contribution < -0.4 is 4.72 Å². The molecule has 5 rings (SSSR count). The Labute approximate surface area is 204 Å². The number of ketones is 1. The minimum Gasteiger partial charge on any atom is -0.345 e. The first-order valence-electron chi connectivity index (χ1n) is 11.0. The molecule has 0 radical (unpaired) electrons. The molecule has 8 nitrogen and oxygen atoms in total.